The highest BCUT2D eigenvalue weighted by Crippen LogP contribution is 2.19. The van der Waals surface area contributed by atoms with Crippen LogP contribution in [0.15, 0.2) is 6.20 Å². The molecule has 122 valence electrons. The fourth-order valence-corrected chi connectivity index (χ4v) is 3.34. The van der Waals surface area contributed by atoms with Gasteiger partial charge < -0.3 is 19.8 Å². The third-order valence-electron chi connectivity index (χ3n) is 4.62. The Hall–Kier alpha value is -2.22. The van der Waals surface area contributed by atoms with Crippen LogP contribution in [-0.4, -0.2) is 49.9 Å². The van der Waals surface area contributed by atoms with Gasteiger partial charge in [0.15, 0.2) is 0 Å². The van der Waals surface area contributed by atoms with Crippen molar-refractivity contribution in [2.75, 3.05) is 19.6 Å². The zero-order chi connectivity index (χ0) is 15.8. The van der Waals surface area contributed by atoms with Crippen molar-refractivity contribution in [2.45, 2.75) is 32.9 Å². The summed E-state index contributed by atoms with van der Waals surface area (Å²) in [5.41, 5.74) is 0.524. The lowest BCUT2D eigenvalue weighted by Crippen LogP contribution is -2.30. The minimum Gasteiger partial charge on any atom is -0.350 e. The maximum atomic E-state index is 12.3. The Morgan fingerprint density at radius 3 is 3.17 bits per heavy atom. The lowest BCUT2D eigenvalue weighted by molar-refractivity contribution is 0.0942. The molecule has 1 amide bonds. The molecular formula is C15H21N7O. The fraction of sp³-hybridized carbons (Fsp3) is 0.600. The van der Waals surface area contributed by atoms with Crippen molar-refractivity contribution in [3.8, 4) is 0 Å². The molecule has 0 spiro atoms. The van der Waals surface area contributed by atoms with Crippen molar-refractivity contribution in [2.24, 2.45) is 5.92 Å². The highest BCUT2D eigenvalue weighted by atomic mass is 16.1. The molecule has 0 fully saturated rings. The van der Waals surface area contributed by atoms with Gasteiger partial charge in [-0.05, 0) is 6.92 Å². The van der Waals surface area contributed by atoms with Gasteiger partial charge in [0.2, 0.25) is 0 Å². The Morgan fingerprint density at radius 1 is 1.39 bits per heavy atom. The summed E-state index contributed by atoms with van der Waals surface area (Å²) in [6.07, 6.45) is 3.60. The van der Waals surface area contributed by atoms with Crippen molar-refractivity contribution in [1.82, 2.24) is 34.9 Å². The lowest BCUT2D eigenvalue weighted by Gasteiger charge is -2.09. The van der Waals surface area contributed by atoms with Crippen molar-refractivity contribution >= 4 is 5.91 Å². The van der Waals surface area contributed by atoms with E-state index in [4.69, 9.17) is 0 Å². The number of nitrogens with one attached hydrogen (secondary N) is 2. The fourth-order valence-electron chi connectivity index (χ4n) is 3.34. The monoisotopic (exact) mass is 315 g/mol. The molecule has 0 aliphatic carbocycles. The van der Waals surface area contributed by atoms with E-state index < -0.39 is 0 Å². The summed E-state index contributed by atoms with van der Waals surface area (Å²) in [5, 5.41) is 14.6. The van der Waals surface area contributed by atoms with Gasteiger partial charge in [0.25, 0.3) is 5.91 Å². The van der Waals surface area contributed by atoms with Gasteiger partial charge in [-0.2, -0.15) is 0 Å². The van der Waals surface area contributed by atoms with E-state index in [2.05, 4.69) is 34.9 Å². The van der Waals surface area contributed by atoms with Crippen LogP contribution in [0.5, 0.6) is 0 Å². The Morgan fingerprint density at radius 2 is 2.30 bits per heavy atom. The first-order chi connectivity index (χ1) is 11.2. The molecule has 1 unspecified atom stereocenters. The second-order valence-corrected chi connectivity index (χ2v) is 6.29. The van der Waals surface area contributed by atoms with Crippen LogP contribution >= 0.6 is 0 Å². The van der Waals surface area contributed by atoms with Crippen LogP contribution < -0.4 is 10.6 Å². The van der Waals surface area contributed by atoms with E-state index in [0.29, 0.717) is 18.2 Å². The first-order valence-corrected chi connectivity index (χ1v) is 8.14. The molecule has 4 heterocycles. The highest BCUT2D eigenvalue weighted by molar-refractivity contribution is 5.92. The zero-order valence-electron chi connectivity index (χ0n) is 13.2. The van der Waals surface area contributed by atoms with Crippen LogP contribution in [0.2, 0.25) is 0 Å². The number of amides is 1. The zero-order valence-corrected chi connectivity index (χ0v) is 13.2. The molecule has 4 rings (SSSR count). The van der Waals surface area contributed by atoms with E-state index in [1.54, 1.807) is 0 Å². The van der Waals surface area contributed by atoms with Crippen LogP contribution in [0.25, 0.3) is 0 Å². The largest absolute Gasteiger partial charge is 0.350 e. The van der Waals surface area contributed by atoms with Gasteiger partial charge in [0.1, 0.15) is 23.2 Å². The number of hydrogen-bond donors (Lipinski definition) is 2. The van der Waals surface area contributed by atoms with Gasteiger partial charge >= 0.3 is 0 Å². The number of imidazole rings is 1. The quantitative estimate of drug-likeness (QED) is 0.799. The molecule has 2 N–H and O–H groups in total. The van der Waals surface area contributed by atoms with E-state index in [0.717, 1.165) is 56.5 Å². The first-order valence-electron chi connectivity index (χ1n) is 8.14. The normalized spacial score (nSPS) is 20.0. The molecule has 8 heteroatoms. The van der Waals surface area contributed by atoms with Gasteiger partial charge in [0.05, 0.1) is 0 Å². The van der Waals surface area contributed by atoms with Gasteiger partial charge in [-0.3, -0.25) is 4.79 Å². The Kier molecular flexibility index (Phi) is 3.60. The summed E-state index contributed by atoms with van der Waals surface area (Å²) in [4.78, 5) is 16.8. The topological polar surface area (TPSA) is 89.7 Å². The first kappa shape index (κ1) is 14.4. The maximum Gasteiger partial charge on any atom is 0.271 e. The number of nitrogens with zero attached hydrogens (tertiary/aromatic N) is 5. The second-order valence-electron chi connectivity index (χ2n) is 6.29. The molecule has 1 atom stereocenters. The van der Waals surface area contributed by atoms with Crippen molar-refractivity contribution in [3.63, 3.8) is 0 Å². The SMILES string of the molecule is Cc1nnc2n1CC(CNC(=O)c1cn3c(n1)CCNCC3)C2. The predicted molar refractivity (Wildman–Crippen MR) is 83.1 cm³/mol. The molecule has 23 heavy (non-hydrogen) atoms. The molecule has 2 aliphatic rings. The summed E-state index contributed by atoms with van der Waals surface area (Å²) in [5.74, 6) is 3.25. The summed E-state index contributed by atoms with van der Waals surface area (Å²) in [6.45, 7) is 6.19. The van der Waals surface area contributed by atoms with E-state index >= 15 is 0 Å². The van der Waals surface area contributed by atoms with Crippen LogP contribution in [0.3, 0.4) is 0 Å². The van der Waals surface area contributed by atoms with Crippen LogP contribution in [0.4, 0.5) is 0 Å². The lowest BCUT2D eigenvalue weighted by atomic mass is 10.1. The van der Waals surface area contributed by atoms with E-state index in [1.165, 1.54) is 0 Å². The van der Waals surface area contributed by atoms with Crippen LogP contribution in [0, 0.1) is 12.8 Å². The molecular weight excluding hydrogens is 294 g/mol. The smallest absolute Gasteiger partial charge is 0.271 e. The van der Waals surface area contributed by atoms with Crippen LogP contribution in [-0.2, 0) is 25.9 Å². The third kappa shape index (κ3) is 2.74. The van der Waals surface area contributed by atoms with E-state index in [-0.39, 0.29) is 5.91 Å². The summed E-state index contributed by atoms with van der Waals surface area (Å²) >= 11 is 0. The number of aryl methyl sites for hydroxylation is 1. The summed E-state index contributed by atoms with van der Waals surface area (Å²) < 4.78 is 4.21. The molecule has 0 radical (unpaired) electrons. The minimum absolute atomic E-state index is 0.0853. The molecule has 0 aromatic carbocycles. The Labute approximate surface area is 134 Å². The average Bonchev–Trinajstić information content (AvgIpc) is 3.18. The van der Waals surface area contributed by atoms with Crippen LogP contribution in [0.1, 0.15) is 28.0 Å². The number of hydrogen-bond acceptors (Lipinski definition) is 5. The van der Waals surface area contributed by atoms with Crippen molar-refractivity contribution in [3.05, 3.63) is 29.4 Å². The number of carbonyl (C=O) groups is 1. The summed E-state index contributed by atoms with van der Waals surface area (Å²) in [6, 6.07) is 0. The van der Waals surface area contributed by atoms with Crippen molar-refractivity contribution < 1.29 is 4.79 Å². The van der Waals surface area contributed by atoms with Gasteiger partial charge in [0, 0.05) is 57.7 Å². The van der Waals surface area contributed by atoms with Crippen molar-refractivity contribution in [1.29, 1.82) is 0 Å². The molecule has 0 saturated carbocycles. The molecule has 2 aliphatic heterocycles. The Balaban J connectivity index is 1.36. The second kappa shape index (κ2) is 5.77. The number of aromatic nitrogens is 5. The number of carbonyl (C=O) groups excluding carboxylic acids is 1. The molecule has 0 bridgehead atoms. The highest BCUT2D eigenvalue weighted by Gasteiger charge is 2.25. The van der Waals surface area contributed by atoms with E-state index in [1.807, 2.05) is 13.1 Å². The summed E-state index contributed by atoms with van der Waals surface area (Å²) in [7, 11) is 0. The Bertz CT molecular complexity index is 709. The minimum atomic E-state index is -0.0853. The van der Waals surface area contributed by atoms with E-state index in [9.17, 15) is 4.79 Å². The van der Waals surface area contributed by atoms with Gasteiger partial charge in [-0.15, -0.1) is 10.2 Å². The standard InChI is InChI=1S/C15H21N7O/c1-10-19-20-14-6-11(8-22(10)14)7-17-15(23)12-9-21-5-4-16-3-2-13(21)18-12/h9,11,16H,2-8H2,1H3,(H,17,23). The average molecular weight is 315 g/mol. The maximum absolute atomic E-state index is 12.3. The molecule has 2 aromatic heterocycles. The molecule has 0 saturated heterocycles. The molecule has 8 nitrogen and oxygen atoms in total. The number of fused-ring (bicyclic) bond motifs is 2. The predicted octanol–water partition coefficient (Wildman–Crippen LogP) is -0.469. The number of rotatable bonds is 3. The third-order valence-corrected chi connectivity index (χ3v) is 4.62. The molecule has 2 aromatic rings. The van der Waals surface area contributed by atoms with Gasteiger partial charge in [-0.25, -0.2) is 4.98 Å². The van der Waals surface area contributed by atoms with Gasteiger partial charge in [-0.1, -0.05) is 0 Å².